The molecule has 1 aromatic rings. The number of aliphatic carboxylic acids is 1. The van der Waals surface area contributed by atoms with Gasteiger partial charge in [-0.05, 0) is 17.9 Å². The van der Waals surface area contributed by atoms with E-state index in [1.54, 1.807) is 0 Å². The smallest absolute Gasteiger partial charge is 0.320 e. The van der Waals surface area contributed by atoms with Crippen LogP contribution in [0.5, 0.6) is 0 Å². The van der Waals surface area contributed by atoms with Crippen LogP contribution in [0, 0.1) is 0 Å². The van der Waals surface area contributed by atoms with Crippen molar-refractivity contribution in [1.82, 2.24) is 10.6 Å². The fourth-order valence-corrected chi connectivity index (χ4v) is 2.05. The van der Waals surface area contributed by atoms with E-state index >= 15 is 0 Å². The maximum absolute atomic E-state index is 11.7. The lowest BCUT2D eigenvalue weighted by molar-refractivity contribution is -0.139. The van der Waals surface area contributed by atoms with Crippen LogP contribution in [0.25, 0.3) is 0 Å². The molecule has 0 spiro atoms. The number of nitrogens with one attached hydrogen (secondary N) is 2. The second-order valence-electron chi connectivity index (χ2n) is 5.18. The maximum Gasteiger partial charge on any atom is 0.320 e. The first-order valence-electron chi connectivity index (χ1n) is 7.32. The highest BCUT2D eigenvalue weighted by atomic mass is 16.4. The van der Waals surface area contributed by atoms with Crippen molar-refractivity contribution < 1.29 is 14.7 Å². The molecular formula is C16H24N2O3. The van der Waals surface area contributed by atoms with Crippen LogP contribution >= 0.6 is 0 Å². The third-order valence-electron chi connectivity index (χ3n) is 3.36. The first-order chi connectivity index (χ1) is 10.0. The van der Waals surface area contributed by atoms with Gasteiger partial charge in [-0.3, -0.25) is 14.9 Å². The third-order valence-corrected chi connectivity index (χ3v) is 3.36. The third kappa shape index (κ3) is 6.40. The molecule has 2 unspecified atom stereocenters. The molecule has 0 aliphatic carbocycles. The molecule has 116 valence electrons. The van der Waals surface area contributed by atoms with E-state index in [0.29, 0.717) is 13.0 Å². The van der Waals surface area contributed by atoms with Gasteiger partial charge in [-0.1, -0.05) is 50.6 Å². The lowest BCUT2D eigenvalue weighted by Crippen LogP contribution is -2.43. The molecule has 0 aromatic heterocycles. The molecule has 0 fully saturated rings. The van der Waals surface area contributed by atoms with Crippen molar-refractivity contribution in [1.29, 1.82) is 0 Å². The number of hydrogen-bond acceptors (Lipinski definition) is 3. The predicted molar refractivity (Wildman–Crippen MR) is 82.2 cm³/mol. The Balaban J connectivity index is 2.32. The molecule has 0 saturated heterocycles. The summed E-state index contributed by atoms with van der Waals surface area (Å²) in [4.78, 5) is 22.7. The largest absolute Gasteiger partial charge is 0.480 e. The zero-order valence-corrected chi connectivity index (χ0v) is 12.6. The van der Waals surface area contributed by atoms with Gasteiger partial charge in [0.2, 0.25) is 5.91 Å². The van der Waals surface area contributed by atoms with Crippen molar-refractivity contribution in [2.45, 2.75) is 38.6 Å². The Morgan fingerprint density at radius 3 is 2.48 bits per heavy atom. The molecular weight excluding hydrogens is 268 g/mol. The van der Waals surface area contributed by atoms with Crippen LogP contribution < -0.4 is 10.6 Å². The van der Waals surface area contributed by atoms with Crippen LogP contribution in [0.1, 0.15) is 38.2 Å². The van der Waals surface area contributed by atoms with Gasteiger partial charge in [-0.2, -0.15) is 0 Å². The lowest BCUT2D eigenvalue weighted by Gasteiger charge is -2.15. The van der Waals surface area contributed by atoms with Crippen LogP contribution in [0.3, 0.4) is 0 Å². The molecule has 3 N–H and O–H groups in total. The van der Waals surface area contributed by atoms with Gasteiger partial charge in [0.15, 0.2) is 0 Å². The minimum absolute atomic E-state index is 0.0263. The number of hydrogen-bond donors (Lipinski definition) is 3. The minimum atomic E-state index is -0.915. The van der Waals surface area contributed by atoms with Crippen LogP contribution in [0.15, 0.2) is 30.3 Å². The van der Waals surface area contributed by atoms with Crippen molar-refractivity contribution in [3.8, 4) is 0 Å². The first-order valence-corrected chi connectivity index (χ1v) is 7.32. The molecule has 0 radical (unpaired) electrons. The van der Waals surface area contributed by atoms with Gasteiger partial charge in [0.25, 0.3) is 0 Å². The van der Waals surface area contributed by atoms with Crippen LogP contribution in [-0.2, 0) is 9.59 Å². The normalized spacial score (nSPS) is 13.4. The van der Waals surface area contributed by atoms with E-state index in [0.717, 1.165) is 6.42 Å². The van der Waals surface area contributed by atoms with Gasteiger partial charge in [-0.25, -0.2) is 0 Å². The number of carbonyl (C=O) groups excluding carboxylic acids is 1. The summed E-state index contributed by atoms with van der Waals surface area (Å²) >= 11 is 0. The zero-order valence-electron chi connectivity index (χ0n) is 12.6. The van der Waals surface area contributed by atoms with E-state index < -0.39 is 12.0 Å². The number of benzene rings is 1. The van der Waals surface area contributed by atoms with Crippen molar-refractivity contribution in [3.63, 3.8) is 0 Å². The molecule has 0 aliphatic heterocycles. The van der Waals surface area contributed by atoms with Crippen molar-refractivity contribution >= 4 is 11.9 Å². The quantitative estimate of drug-likeness (QED) is 0.648. The Kier molecular flexibility index (Phi) is 7.46. The predicted octanol–water partition coefficient (Wildman–Crippen LogP) is 1.75. The lowest BCUT2D eigenvalue weighted by atomic mass is 10.0. The number of carboxylic acid groups (broad SMARTS) is 1. The zero-order chi connectivity index (χ0) is 15.7. The Bertz CT molecular complexity index is 448. The Labute approximate surface area is 125 Å². The SMILES string of the molecule is CCCC(NCC(=O)NCC(C)c1ccccc1)C(=O)O. The summed E-state index contributed by atoms with van der Waals surface area (Å²) < 4.78 is 0. The first kappa shape index (κ1) is 17.2. The molecule has 0 aliphatic rings. The highest BCUT2D eigenvalue weighted by molar-refractivity contribution is 5.79. The number of rotatable bonds is 9. The highest BCUT2D eigenvalue weighted by Gasteiger charge is 2.16. The molecule has 5 nitrogen and oxygen atoms in total. The molecule has 0 heterocycles. The average Bonchev–Trinajstić information content (AvgIpc) is 2.49. The topological polar surface area (TPSA) is 78.4 Å². The van der Waals surface area contributed by atoms with Gasteiger partial charge >= 0.3 is 5.97 Å². The summed E-state index contributed by atoms with van der Waals surface area (Å²) in [5.41, 5.74) is 1.17. The molecule has 5 heteroatoms. The summed E-state index contributed by atoms with van der Waals surface area (Å²) in [6, 6.07) is 9.29. The van der Waals surface area contributed by atoms with Gasteiger partial charge < -0.3 is 10.4 Å². The monoisotopic (exact) mass is 292 g/mol. The summed E-state index contributed by atoms with van der Waals surface area (Å²) in [6.07, 6.45) is 1.28. The highest BCUT2D eigenvalue weighted by Crippen LogP contribution is 2.12. The molecule has 0 bridgehead atoms. The van der Waals surface area contributed by atoms with Crippen molar-refractivity contribution in [2.24, 2.45) is 0 Å². The van der Waals surface area contributed by atoms with E-state index in [1.165, 1.54) is 5.56 Å². The van der Waals surface area contributed by atoms with E-state index in [4.69, 9.17) is 5.11 Å². The number of carboxylic acids is 1. The van der Waals surface area contributed by atoms with Crippen LogP contribution in [0.4, 0.5) is 0 Å². The van der Waals surface area contributed by atoms with Gasteiger partial charge in [0.05, 0.1) is 6.54 Å². The number of carbonyl (C=O) groups is 2. The fraction of sp³-hybridized carbons (Fsp3) is 0.500. The van der Waals surface area contributed by atoms with Crippen molar-refractivity contribution in [3.05, 3.63) is 35.9 Å². The molecule has 2 atom stereocenters. The second kappa shape index (κ2) is 9.13. The number of amides is 1. The van der Waals surface area contributed by atoms with E-state index in [9.17, 15) is 9.59 Å². The van der Waals surface area contributed by atoms with E-state index in [-0.39, 0.29) is 18.4 Å². The molecule has 1 aromatic carbocycles. The van der Waals surface area contributed by atoms with Crippen LogP contribution in [-0.4, -0.2) is 36.1 Å². The summed E-state index contributed by atoms with van der Waals surface area (Å²) in [5.74, 6) is -0.872. The molecule has 0 saturated carbocycles. The second-order valence-corrected chi connectivity index (χ2v) is 5.18. The minimum Gasteiger partial charge on any atom is -0.480 e. The molecule has 1 amide bonds. The maximum atomic E-state index is 11.7. The van der Waals surface area contributed by atoms with Gasteiger partial charge in [-0.15, -0.1) is 0 Å². The van der Waals surface area contributed by atoms with Gasteiger partial charge in [0, 0.05) is 6.54 Å². The van der Waals surface area contributed by atoms with Crippen LogP contribution in [0.2, 0.25) is 0 Å². The van der Waals surface area contributed by atoms with E-state index in [2.05, 4.69) is 10.6 Å². The molecule has 1 rings (SSSR count). The van der Waals surface area contributed by atoms with E-state index in [1.807, 2.05) is 44.2 Å². The average molecular weight is 292 g/mol. The summed E-state index contributed by atoms with van der Waals surface area (Å²) in [5, 5.41) is 14.6. The molecule has 21 heavy (non-hydrogen) atoms. The van der Waals surface area contributed by atoms with Gasteiger partial charge in [0.1, 0.15) is 6.04 Å². The standard InChI is InChI=1S/C16H24N2O3/c1-3-7-14(16(20)21)17-11-15(19)18-10-12(2)13-8-5-4-6-9-13/h4-6,8-9,12,14,17H,3,7,10-11H2,1-2H3,(H,18,19)(H,20,21). The Hall–Kier alpha value is -1.88. The van der Waals surface area contributed by atoms with Crippen molar-refractivity contribution in [2.75, 3.05) is 13.1 Å². The Morgan fingerprint density at radius 2 is 1.90 bits per heavy atom. The fourth-order valence-electron chi connectivity index (χ4n) is 2.05. The summed E-state index contributed by atoms with van der Waals surface area (Å²) in [7, 11) is 0. The summed E-state index contributed by atoms with van der Waals surface area (Å²) in [6.45, 7) is 4.52. The Morgan fingerprint density at radius 1 is 1.24 bits per heavy atom.